The third-order valence-electron chi connectivity index (χ3n) is 3.87. The van der Waals surface area contributed by atoms with Crippen molar-refractivity contribution in [2.45, 2.75) is 0 Å². The molecule has 3 aromatic rings. The molecule has 0 atom stereocenters. The van der Waals surface area contributed by atoms with Gasteiger partial charge in [-0.05, 0) is 27.6 Å². The van der Waals surface area contributed by atoms with Gasteiger partial charge in [0.05, 0.1) is 5.31 Å². The summed E-state index contributed by atoms with van der Waals surface area (Å²) in [6.07, 6.45) is 0. The average Bonchev–Trinajstić information content (AvgIpc) is 2.58. The Morgan fingerprint density at radius 2 is 1.36 bits per heavy atom. The van der Waals surface area contributed by atoms with Gasteiger partial charge in [-0.25, -0.2) is 0 Å². The second-order valence-electron chi connectivity index (χ2n) is 5.00. The Hall–Kier alpha value is -1.93. The summed E-state index contributed by atoms with van der Waals surface area (Å²) in [5, 5.41) is 4.48. The van der Waals surface area contributed by atoms with E-state index < -0.39 is 7.60 Å². The molecule has 0 bridgehead atoms. The maximum atomic E-state index is 12.8. The number of hydrogen-bond donors (Lipinski definition) is 0. The Morgan fingerprint density at radius 1 is 0.909 bits per heavy atom. The van der Waals surface area contributed by atoms with Crippen molar-refractivity contribution in [3.05, 3.63) is 66.7 Å². The van der Waals surface area contributed by atoms with Crippen LogP contribution in [0.4, 0.5) is 0 Å². The van der Waals surface area contributed by atoms with Crippen molar-refractivity contribution in [2.24, 2.45) is 0 Å². The molecule has 0 unspecified atom stereocenters. The van der Waals surface area contributed by atoms with E-state index in [2.05, 4.69) is 12.6 Å². The number of hydrogen-bond acceptors (Lipinski definition) is 3. The summed E-state index contributed by atoms with van der Waals surface area (Å²) in [5.74, 6) is 0. The standard InChI is InChI=1S/C18H17O3P/c1-13(22(19,20-2)21-3)18-16-10-6-4-8-14(16)12-15-9-5-7-11-17(15)18/h4-12H,1H2,2-3H3. The van der Waals surface area contributed by atoms with E-state index in [0.29, 0.717) is 5.31 Å². The van der Waals surface area contributed by atoms with Crippen molar-refractivity contribution in [2.75, 3.05) is 14.2 Å². The van der Waals surface area contributed by atoms with Gasteiger partial charge in [0.25, 0.3) is 0 Å². The Balaban J connectivity index is 2.43. The fourth-order valence-corrected chi connectivity index (χ4v) is 3.86. The van der Waals surface area contributed by atoms with Gasteiger partial charge in [0.1, 0.15) is 0 Å². The summed E-state index contributed by atoms with van der Waals surface area (Å²) in [6, 6.07) is 18.1. The zero-order valence-corrected chi connectivity index (χ0v) is 13.5. The summed E-state index contributed by atoms with van der Waals surface area (Å²) in [7, 11) is -0.642. The number of benzene rings is 3. The first kappa shape index (κ1) is 15.0. The molecule has 0 saturated carbocycles. The summed E-state index contributed by atoms with van der Waals surface area (Å²) < 4.78 is 23.1. The second kappa shape index (κ2) is 5.69. The van der Waals surface area contributed by atoms with Gasteiger partial charge in [-0.1, -0.05) is 55.1 Å². The van der Waals surface area contributed by atoms with Crippen LogP contribution < -0.4 is 0 Å². The topological polar surface area (TPSA) is 35.5 Å². The summed E-state index contributed by atoms with van der Waals surface area (Å²) in [4.78, 5) is 0. The van der Waals surface area contributed by atoms with Crippen LogP contribution in [0.1, 0.15) is 5.56 Å². The molecule has 0 fully saturated rings. The Bertz CT molecular complexity index is 852. The van der Waals surface area contributed by atoms with E-state index in [0.717, 1.165) is 27.1 Å². The molecule has 0 aliphatic carbocycles. The minimum Gasteiger partial charge on any atom is -0.309 e. The Labute approximate surface area is 129 Å². The molecule has 0 amide bonds. The van der Waals surface area contributed by atoms with Crippen molar-refractivity contribution in [3.8, 4) is 0 Å². The monoisotopic (exact) mass is 312 g/mol. The smallest absolute Gasteiger partial charge is 0.309 e. The van der Waals surface area contributed by atoms with E-state index in [4.69, 9.17) is 9.05 Å². The summed E-state index contributed by atoms with van der Waals surface area (Å²) in [5.41, 5.74) is 0.820. The van der Waals surface area contributed by atoms with Crippen molar-refractivity contribution in [3.63, 3.8) is 0 Å². The summed E-state index contributed by atoms with van der Waals surface area (Å²) in [6.45, 7) is 4.03. The van der Waals surface area contributed by atoms with Gasteiger partial charge in [0.2, 0.25) is 0 Å². The lowest BCUT2D eigenvalue weighted by atomic mass is 9.97. The van der Waals surface area contributed by atoms with Crippen LogP contribution in [0, 0.1) is 0 Å². The molecular formula is C18H17O3P. The van der Waals surface area contributed by atoms with E-state index in [1.165, 1.54) is 14.2 Å². The molecule has 0 radical (unpaired) electrons. The fraction of sp³-hybridized carbons (Fsp3) is 0.111. The van der Waals surface area contributed by atoms with Crippen LogP contribution in [-0.2, 0) is 13.6 Å². The SMILES string of the molecule is C=C(c1c2ccccc2cc2ccccc12)P(=O)(OC)OC. The van der Waals surface area contributed by atoms with Crippen LogP contribution in [0.15, 0.2) is 61.2 Å². The largest absolute Gasteiger partial charge is 0.360 e. The highest BCUT2D eigenvalue weighted by Gasteiger charge is 2.29. The number of rotatable bonds is 4. The predicted octanol–water partition coefficient (Wildman–Crippen LogP) is 5.45. The normalized spacial score (nSPS) is 11.9. The zero-order valence-electron chi connectivity index (χ0n) is 12.6. The van der Waals surface area contributed by atoms with Gasteiger partial charge in [-0.2, -0.15) is 0 Å². The van der Waals surface area contributed by atoms with Crippen LogP contribution in [0.5, 0.6) is 0 Å². The van der Waals surface area contributed by atoms with Crippen molar-refractivity contribution in [1.82, 2.24) is 0 Å². The van der Waals surface area contributed by atoms with Crippen molar-refractivity contribution < 1.29 is 13.6 Å². The van der Waals surface area contributed by atoms with Crippen molar-refractivity contribution >= 4 is 34.5 Å². The van der Waals surface area contributed by atoms with Crippen LogP contribution >= 0.6 is 7.60 Å². The molecule has 0 aliphatic rings. The molecule has 0 spiro atoms. The highest BCUT2D eigenvalue weighted by Crippen LogP contribution is 2.60. The Kier molecular flexibility index (Phi) is 3.88. The second-order valence-corrected chi connectivity index (χ2v) is 7.27. The van der Waals surface area contributed by atoms with E-state index in [-0.39, 0.29) is 0 Å². The third kappa shape index (κ3) is 2.28. The van der Waals surface area contributed by atoms with Crippen LogP contribution in [0.3, 0.4) is 0 Å². The zero-order chi connectivity index (χ0) is 15.7. The van der Waals surface area contributed by atoms with Gasteiger partial charge < -0.3 is 9.05 Å². The minimum absolute atomic E-state index is 0.380. The molecule has 3 rings (SSSR count). The van der Waals surface area contributed by atoms with E-state index in [1.807, 2.05) is 48.5 Å². The predicted molar refractivity (Wildman–Crippen MR) is 92.1 cm³/mol. The molecule has 0 saturated heterocycles. The molecule has 0 aromatic heterocycles. The van der Waals surface area contributed by atoms with E-state index in [1.54, 1.807) is 0 Å². The molecule has 0 heterocycles. The maximum Gasteiger partial charge on any atom is 0.360 e. The summed E-state index contributed by atoms with van der Waals surface area (Å²) >= 11 is 0. The molecule has 112 valence electrons. The molecule has 4 heteroatoms. The number of fused-ring (bicyclic) bond motifs is 2. The van der Waals surface area contributed by atoms with Gasteiger partial charge in [-0.3, -0.25) is 4.57 Å². The first-order chi connectivity index (χ1) is 10.6. The van der Waals surface area contributed by atoms with Gasteiger partial charge in [0.15, 0.2) is 0 Å². The van der Waals surface area contributed by atoms with Gasteiger partial charge >= 0.3 is 7.60 Å². The third-order valence-corrected chi connectivity index (χ3v) is 5.72. The molecule has 22 heavy (non-hydrogen) atoms. The highest BCUT2D eigenvalue weighted by atomic mass is 31.2. The first-order valence-corrected chi connectivity index (χ1v) is 8.47. The van der Waals surface area contributed by atoms with Gasteiger partial charge in [0, 0.05) is 19.8 Å². The Morgan fingerprint density at radius 3 is 1.82 bits per heavy atom. The van der Waals surface area contributed by atoms with E-state index in [9.17, 15) is 4.57 Å². The molecule has 0 aliphatic heterocycles. The van der Waals surface area contributed by atoms with Gasteiger partial charge in [-0.15, -0.1) is 0 Å². The molecule has 0 N–H and O–H groups in total. The molecule has 3 aromatic carbocycles. The average molecular weight is 312 g/mol. The van der Waals surface area contributed by atoms with Crippen LogP contribution in [0.2, 0.25) is 0 Å². The lowest BCUT2D eigenvalue weighted by Gasteiger charge is -2.19. The van der Waals surface area contributed by atoms with E-state index >= 15 is 0 Å². The highest BCUT2D eigenvalue weighted by molar-refractivity contribution is 7.65. The lowest BCUT2D eigenvalue weighted by molar-refractivity contribution is 0.288. The van der Waals surface area contributed by atoms with Crippen molar-refractivity contribution in [1.29, 1.82) is 0 Å². The fourth-order valence-electron chi connectivity index (χ4n) is 2.76. The van der Waals surface area contributed by atoms with Crippen LogP contribution in [-0.4, -0.2) is 14.2 Å². The minimum atomic E-state index is -3.40. The van der Waals surface area contributed by atoms with Crippen LogP contribution in [0.25, 0.3) is 26.9 Å². The first-order valence-electron chi connectivity index (χ1n) is 6.92. The maximum absolute atomic E-state index is 12.8. The molecular weight excluding hydrogens is 295 g/mol. The molecule has 3 nitrogen and oxygen atoms in total. The quantitative estimate of drug-likeness (QED) is 0.474. The lowest BCUT2D eigenvalue weighted by Crippen LogP contribution is -1.95.